The van der Waals surface area contributed by atoms with E-state index in [9.17, 15) is 4.79 Å². The molecule has 0 unspecified atom stereocenters. The molecule has 2 aromatic carbocycles. The van der Waals surface area contributed by atoms with E-state index in [-0.39, 0.29) is 5.91 Å². The minimum Gasteiger partial charge on any atom is -0.325 e. The topological polar surface area (TPSA) is 32.3 Å². The van der Waals surface area contributed by atoms with Crippen molar-refractivity contribution in [1.29, 1.82) is 0 Å². The Labute approximate surface area is 144 Å². The molecule has 4 heteroatoms. The van der Waals surface area contributed by atoms with Crippen LogP contribution >= 0.6 is 22.6 Å². The molecule has 1 saturated heterocycles. The number of amides is 1. The molecule has 3 nitrogen and oxygen atoms in total. The molecular formula is C18H19IN2O. The van der Waals surface area contributed by atoms with Gasteiger partial charge in [0.1, 0.15) is 0 Å². The van der Waals surface area contributed by atoms with Crippen molar-refractivity contribution >= 4 is 34.2 Å². The van der Waals surface area contributed by atoms with Crippen molar-refractivity contribution in [3.05, 3.63) is 63.7 Å². The lowest BCUT2D eigenvalue weighted by Crippen LogP contribution is -2.32. The summed E-state index contributed by atoms with van der Waals surface area (Å²) >= 11 is 2.26. The summed E-state index contributed by atoms with van der Waals surface area (Å²) in [6, 6.07) is 18.7. The van der Waals surface area contributed by atoms with Gasteiger partial charge in [0.15, 0.2) is 0 Å². The average molecular weight is 406 g/mol. The highest BCUT2D eigenvalue weighted by molar-refractivity contribution is 14.1. The van der Waals surface area contributed by atoms with Gasteiger partial charge in [-0.1, -0.05) is 30.3 Å². The number of nitrogens with zero attached hydrogens (tertiary/aromatic N) is 1. The fourth-order valence-electron chi connectivity index (χ4n) is 2.99. The van der Waals surface area contributed by atoms with Gasteiger partial charge in [0.2, 0.25) is 5.91 Å². The van der Waals surface area contributed by atoms with Crippen LogP contribution < -0.4 is 5.32 Å². The lowest BCUT2D eigenvalue weighted by Gasteiger charge is -2.24. The first kappa shape index (κ1) is 15.5. The highest BCUT2D eigenvalue weighted by Gasteiger charge is 2.27. The standard InChI is InChI=1S/C18H19IN2O/c19-15-8-10-16(11-9-15)20-18(22)13-21-12-4-7-17(21)14-5-2-1-3-6-14/h1-3,5-6,8-11,17H,4,7,12-13H2,(H,20,22)/t17-/m1/s1. The first-order valence-corrected chi connectivity index (χ1v) is 8.65. The van der Waals surface area contributed by atoms with E-state index < -0.39 is 0 Å². The zero-order valence-corrected chi connectivity index (χ0v) is 14.5. The third-order valence-corrected chi connectivity index (χ3v) is 4.74. The van der Waals surface area contributed by atoms with Crippen molar-refractivity contribution in [2.75, 3.05) is 18.4 Å². The predicted molar refractivity (Wildman–Crippen MR) is 97.8 cm³/mol. The van der Waals surface area contributed by atoms with E-state index in [1.165, 1.54) is 9.13 Å². The highest BCUT2D eigenvalue weighted by atomic mass is 127. The molecule has 3 rings (SSSR count). The summed E-state index contributed by atoms with van der Waals surface area (Å²) in [5, 5.41) is 2.98. The Morgan fingerprint density at radius 2 is 1.86 bits per heavy atom. The van der Waals surface area contributed by atoms with E-state index in [0.29, 0.717) is 12.6 Å². The normalized spacial score (nSPS) is 18.3. The second-order valence-electron chi connectivity index (χ2n) is 5.59. The summed E-state index contributed by atoms with van der Waals surface area (Å²) in [5.41, 5.74) is 2.17. The lowest BCUT2D eigenvalue weighted by molar-refractivity contribution is -0.117. The molecular weight excluding hydrogens is 387 g/mol. The molecule has 0 aliphatic carbocycles. The quantitative estimate of drug-likeness (QED) is 0.777. The average Bonchev–Trinajstić information content (AvgIpc) is 2.98. The summed E-state index contributed by atoms with van der Waals surface area (Å²) in [7, 11) is 0. The van der Waals surface area contributed by atoms with Gasteiger partial charge in [-0.05, 0) is 71.8 Å². The monoisotopic (exact) mass is 406 g/mol. The molecule has 1 atom stereocenters. The Morgan fingerprint density at radius 1 is 1.14 bits per heavy atom. The van der Waals surface area contributed by atoms with Crippen LogP contribution in [0.15, 0.2) is 54.6 Å². The number of hydrogen-bond donors (Lipinski definition) is 1. The molecule has 22 heavy (non-hydrogen) atoms. The number of halogens is 1. The summed E-state index contributed by atoms with van der Waals surface area (Å²) in [6.07, 6.45) is 2.27. The van der Waals surface area contributed by atoms with Gasteiger partial charge in [-0.2, -0.15) is 0 Å². The summed E-state index contributed by atoms with van der Waals surface area (Å²) in [4.78, 5) is 14.6. The van der Waals surface area contributed by atoms with Crippen molar-refractivity contribution < 1.29 is 4.79 Å². The molecule has 1 heterocycles. The van der Waals surface area contributed by atoms with Gasteiger partial charge in [0, 0.05) is 15.3 Å². The minimum absolute atomic E-state index is 0.0593. The molecule has 0 spiro atoms. The first-order chi connectivity index (χ1) is 10.7. The van der Waals surface area contributed by atoms with Gasteiger partial charge in [0.05, 0.1) is 6.54 Å². The van der Waals surface area contributed by atoms with Gasteiger partial charge in [0.25, 0.3) is 0 Å². The van der Waals surface area contributed by atoms with E-state index in [2.05, 4.69) is 57.1 Å². The third-order valence-electron chi connectivity index (χ3n) is 4.02. The molecule has 0 aromatic heterocycles. The second-order valence-corrected chi connectivity index (χ2v) is 6.84. The largest absolute Gasteiger partial charge is 0.325 e. The Balaban J connectivity index is 1.62. The number of nitrogens with one attached hydrogen (secondary N) is 1. The SMILES string of the molecule is O=C(CN1CCC[C@@H]1c1ccccc1)Nc1ccc(I)cc1. The van der Waals surface area contributed by atoms with Crippen molar-refractivity contribution in [1.82, 2.24) is 4.90 Å². The maximum atomic E-state index is 12.3. The molecule has 1 amide bonds. The van der Waals surface area contributed by atoms with Gasteiger partial charge in [-0.15, -0.1) is 0 Å². The zero-order chi connectivity index (χ0) is 15.4. The predicted octanol–water partition coefficient (Wildman–Crippen LogP) is 4.07. The van der Waals surface area contributed by atoms with Gasteiger partial charge < -0.3 is 5.32 Å². The minimum atomic E-state index is 0.0593. The third kappa shape index (κ3) is 3.87. The van der Waals surface area contributed by atoms with Crippen molar-refractivity contribution in [2.24, 2.45) is 0 Å². The van der Waals surface area contributed by atoms with Crippen LogP contribution in [0, 0.1) is 3.57 Å². The highest BCUT2D eigenvalue weighted by Crippen LogP contribution is 2.31. The number of carbonyl (C=O) groups is 1. The smallest absolute Gasteiger partial charge is 0.238 e. The Hall–Kier alpha value is -1.40. The molecule has 1 fully saturated rings. The molecule has 1 aliphatic heterocycles. The van der Waals surface area contributed by atoms with Crippen LogP contribution in [0.3, 0.4) is 0 Å². The molecule has 114 valence electrons. The summed E-state index contributed by atoms with van der Waals surface area (Å²) in [6.45, 7) is 1.44. The van der Waals surface area contributed by atoms with Crippen LogP contribution in [0.25, 0.3) is 0 Å². The van der Waals surface area contributed by atoms with Gasteiger partial charge >= 0.3 is 0 Å². The maximum Gasteiger partial charge on any atom is 0.238 e. The second kappa shape index (κ2) is 7.24. The van der Waals surface area contributed by atoms with Crippen LogP contribution in [0.5, 0.6) is 0 Å². The Kier molecular flexibility index (Phi) is 5.10. The fraction of sp³-hybridized carbons (Fsp3) is 0.278. The van der Waals surface area contributed by atoms with Crippen molar-refractivity contribution in [3.63, 3.8) is 0 Å². The Bertz CT molecular complexity index is 627. The molecule has 1 N–H and O–H groups in total. The van der Waals surface area contributed by atoms with E-state index in [1.807, 2.05) is 30.3 Å². The van der Waals surface area contributed by atoms with Crippen LogP contribution in [0.2, 0.25) is 0 Å². The number of hydrogen-bond acceptors (Lipinski definition) is 2. The van der Waals surface area contributed by atoms with Crippen LogP contribution in [-0.4, -0.2) is 23.9 Å². The summed E-state index contributed by atoms with van der Waals surface area (Å²) in [5.74, 6) is 0.0593. The van der Waals surface area contributed by atoms with E-state index in [4.69, 9.17) is 0 Å². The molecule has 0 saturated carbocycles. The Morgan fingerprint density at radius 3 is 2.59 bits per heavy atom. The number of benzene rings is 2. The number of rotatable bonds is 4. The van der Waals surface area contributed by atoms with Crippen LogP contribution in [-0.2, 0) is 4.79 Å². The van der Waals surface area contributed by atoms with Crippen LogP contribution in [0.4, 0.5) is 5.69 Å². The van der Waals surface area contributed by atoms with Crippen LogP contribution in [0.1, 0.15) is 24.4 Å². The number of anilines is 1. The van der Waals surface area contributed by atoms with Gasteiger partial charge in [-0.25, -0.2) is 0 Å². The molecule has 2 aromatic rings. The summed E-state index contributed by atoms with van der Waals surface area (Å²) < 4.78 is 1.17. The fourth-order valence-corrected chi connectivity index (χ4v) is 3.35. The van der Waals surface area contributed by atoms with Crippen molar-refractivity contribution in [2.45, 2.75) is 18.9 Å². The zero-order valence-electron chi connectivity index (χ0n) is 12.3. The van der Waals surface area contributed by atoms with E-state index in [1.54, 1.807) is 0 Å². The van der Waals surface area contributed by atoms with E-state index in [0.717, 1.165) is 25.1 Å². The lowest BCUT2D eigenvalue weighted by atomic mass is 10.0. The molecule has 0 bridgehead atoms. The maximum absolute atomic E-state index is 12.3. The molecule has 0 radical (unpaired) electrons. The van der Waals surface area contributed by atoms with E-state index >= 15 is 0 Å². The number of likely N-dealkylation sites (tertiary alicyclic amines) is 1. The first-order valence-electron chi connectivity index (χ1n) is 7.57. The van der Waals surface area contributed by atoms with Gasteiger partial charge in [-0.3, -0.25) is 9.69 Å². The molecule has 1 aliphatic rings. The van der Waals surface area contributed by atoms with Crippen molar-refractivity contribution in [3.8, 4) is 0 Å². The number of carbonyl (C=O) groups excluding carboxylic acids is 1.